The van der Waals surface area contributed by atoms with Crippen LogP contribution in [0.3, 0.4) is 0 Å². The largest absolute Gasteiger partial charge is 0.222 e. The lowest BCUT2D eigenvalue weighted by Gasteiger charge is -2.20. The summed E-state index contributed by atoms with van der Waals surface area (Å²) < 4.78 is 36.3. The maximum atomic E-state index is 8.49. The van der Waals surface area contributed by atoms with Gasteiger partial charge in [0.05, 0.1) is 0 Å². The molecule has 0 unspecified atom stereocenters. The van der Waals surface area contributed by atoms with Gasteiger partial charge in [-0.1, -0.05) is 68.8 Å². The number of fused-ring (bicyclic) bond motifs is 1. The number of hydrogen-bond acceptors (Lipinski definition) is 4. The van der Waals surface area contributed by atoms with Crippen molar-refractivity contribution in [3.63, 3.8) is 0 Å². The molecule has 0 radical (unpaired) electrons. The average molecular weight is 480 g/mol. The highest BCUT2D eigenvalue weighted by Gasteiger charge is 2.27. The molecule has 6 heteroatoms. The van der Waals surface area contributed by atoms with Crippen molar-refractivity contribution in [3.05, 3.63) is 95.3 Å². The van der Waals surface area contributed by atoms with Crippen molar-refractivity contribution in [2.45, 2.75) is 47.0 Å². The number of aromatic nitrogens is 1. The van der Waals surface area contributed by atoms with Crippen LogP contribution in [0, 0.1) is 31.0 Å². The number of nitrogens with zero attached hydrogens (tertiary/aromatic N) is 1. The van der Waals surface area contributed by atoms with Crippen LogP contribution in [-0.2, 0) is 5.41 Å². The van der Waals surface area contributed by atoms with Gasteiger partial charge in [0.15, 0.2) is 11.4 Å². The minimum absolute atomic E-state index is 0.0784. The van der Waals surface area contributed by atoms with Gasteiger partial charge in [-0.05, 0) is 46.2 Å². The molecule has 2 aliphatic rings. The molecule has 5 nitrogen and oxygen atoms in total. The van der Waals surface area contributed by atoms with E-state index in [9.17, 15) is 0 Å². The Balaban J connectivity index is 0.000000588. The highest BCUT2D eigenvalue weighted by molar-refractivity contribution is 5.90. The molecule has 2 aromatic rings. The molecule has 1 heterocycles. The zero-order valence-electron chi connectivity index (χ0n) is 20.4. The van der Waals surface area contributed by atoms with Crippen LogP contribution in [0.1, 0.15) is 43.3 Å². The Labute approximate surface area is 203 Å². The Morgan fingerprint density at radius 1 is 0.676 bits per heavy atom. The summed E-state index contributed by atoms with van der Waals surface area (Å²) in [6.45, 7) is 13.5. The van der Waals surface area contributed by atoms with Crippen molar-refractivity contribution < 1.29 is 33.4 Å². The van der Waals surface area contributed by atoms with E-state index < -0.39 is 10.2 Å². The smallest absolute Gasteiger partial charge is 0.211 e. The van der Waals surface area contributed by atoms with E-state index in [4.69, 9.17) is 18.6 Å². The molecule has 0 saturated carbocycles. The fraction of sp³-hybridized carbons (Fsp3) is 0.250. The lowest BCUT2D eigenvalue weighted by Crippen LogP contribution is -2.68. The van der Waals surface area contributed by atoms with Gasteiger partial charge in [0.1, 0.15) is 0 Å². The number of hydrogen-bond donors (Lipinski definition) is 0. The van der Waals surface area contributed by atoms with Crippen LogP contribution in [0.15, 0.2) is 72.8 Å². The first-order valence-electron chi connectivity index (χ1n) is 11.0. The fourth-order valence-corrected chi connectivity index (χ4v) is 4.33. The summed E-state index contributed by atoms with van der Waals surface area (Å²) in [5.41, 5.74) is 11.8. The van der Waals surface area contributed by atoms with E-state index in [1.54, 1.807) is 0 Å². The quantitative estimate of drug-likeness (QED) is 0.412. The first-order chi connectivity index (χ1) is 15.8. The van der Waals surface area contributed by atoms with Gasteiger partial charge < -0.3 is 0 Å². The summed E-state index contributed by atoms with van der Waals surface area (Å²) in [6, 6.07) is 26.6. The predicted octanol–water partition coefficient (Wildman–Crippen LogP) is 2.20. The van der Waals surface area contributed by atoms with Crippen LogP contribution < -0.4 is 23.2 Å². The number of para-hydroxylation sites is 1. The standard InChI is InChI=1S/C28H30N.ClHO4/c1-19-12-14-22-18-26(28(4,5)6)27(25(22)15-13-19)23-16-20(2)29(21(3)17-23)24-10-8-7-9-11-24;2-1(3,4)5/h7-18H,1-6H3;(H,2,3,4,5)/q+1;/p-1. The van der Waals surface area contributed by atoms with Crippen LogP contribution in [0.2, 0.25) is 0 Å². The Kier molecular flexibility index (Phi) is 7.46. The third-order valence-corrected chi connectivity index (χ3v) is 5.73. The highest BCUT2D eigenvalue weighted by Crippen LogP contribution is 2.44. The Hall–Kier alpha value is -2.80. The van der Waals surface area contributed by atoms with Gasteiger partial charge in [0, 0.05) is 38.1 Å². The van der Waals surface area contributed by atoms with Gasteiger partial charge in [-0.25, -0.2) is 18.6 Å². The molecule has 4 rings (SSSR count). The second-order valence-electron chi connectivity index (χ2n) is 9.54. The molecule has 0 bridgehead atoms. The maximum Gasteiger partial charge on any atom is 0.211 e. The molecule has 0 amide bonds. The van der Waals surface area contributed by atoms with E-state index in [2.05, 4.69) is 119 Å². The van der Waals surface area contributed by atoms with Crippen LogP contribution in [0.4, 0.5) is 0 Å². The average Bonchev–Trinajstić information content (AvgIpc) is 2.99. The van der Waals surface area contributed by atoms with E-state index in [0.717, 1.165) is 0 Å². The maximum absolute atomic E-state index is 8.49. The van der Waals surface area contributed by atoms with Crippen molar-refractivity contribution in [2.24, 2.45) is 0 Å². The molecule has 0 saturated heterocycles. The van der Waals surface area contributed by atoms with Crippen molar-refractivity contribution in [2.75, 3.05) is 0 Å². The monoisotopic (exact) mass is 479 g/mol. The summed E-state index contributed by atoms with van der Waals surface area (Å²) in [5, 5.41) is 0. The molecule has 2 aliphatic carbocycles. The van der Waals surface area contributed by atoms with Crippen molar-refractivity contribution in [3.8, 4) is 27.9 Å². The molecular formula is C28H30ClNO4. The molecule has 0 atom stereocenters. The molecule has 1 aromatic heterocycles. The van der Waals surface area contributed by atoms with E-state index >= 15 is 0 Å². The minimum Gasteiger partial charge on any atom is -0.222 e. The van der Waals surface area contributed by atoms with Gasteiger partial charge in [-0.2, -0.15) is 4.57 Å². The second kappa shape index (κ2) is 9.82. The zero-order valence-corrected chi connectivity index (χ0v) is 21.1. The van der Waals surface area contributed by atoms with Gasteiger partial charge in [0.25, 0.3) is 0 Å². The summed E-state index contributed by atoms with van der Waals surface area (Å²) >= 11 is 0. The normalized spacial score (nSPS) is 11.8. The predicted molar refractivity (Wildman–Crippen MR) is 123 cm³/mol. The molecular weight excluding hydrogens is 450 g/mol. The number of benzene rings is 1. The Morgan fingerprint density at radius 2 is 1.21 bits per heavy atom. The van der Waals surface area contributed by atoms with E-state index in [1.807, 2.05) is 0 Å². The highest BCUT2D eigenvalue weighted by atomic mass is 35.7. The van der Waals surface area contributed by atoms with Gasteiger partial charge in [-0.15, -0.1) is 10.2 Å². The van der Waals surface area contributed by atoms with Crippen molar-refractivity contribution in [1.29, 1.82) is 0 Å². The first kappa shape index (κ1) is 25.8. The van der Waals surface area contributed by atoms with Crippen molar-refractivity contribution >= 4 is 0 Å². The zero-order chi connectivity index (χ0) is 25.3. The van der Waals surface area contributed by atoms with Crippen LogP contribution in [0.25, 0.3) is 27.9 Å². The molecule has 0 N–H and O–H groups in total. The van der Waals surface area contributed by atoms with Crippen LogP contribution in [-0.4, -0.2) is 0 Å². The molecule has 1 aromatic carbocycles. The third-order valence-electron chi connectivity index (χ3n) is 5.73. The lowest BCUT2D eigenvalue weighted by molar-refractivity contribution is -2.00. The lowest BCUT2D eigenvalue weighted by atomic mass is 9.84. The molecule has 0 spiro atoms. The topological polar surface area (TPSA) is 96.1 Å². The minimum atomic E-state index is -4.94. The van der Waals surface area contributed by atoms with Gasteiger partial charge >= 0.3 is 0 Å². The number of halogens is 1. The van der Waals surface area contributed by atoms with Gasteiger partial charge in [-0.3, -0.25) is 0 Å². The summed E-state index contributed by atoms with van der Waals surface area (Å²) in [4.78, 5) is 0. The number of rotatable bonds is 2. The molecule has 178 valence electrons. The van der Waals surface area contributed by atoms with Crippen LogP contribution >= 0.6 is 0 Å². The number of pyridine rings is 1. The van der Waals surface area contributed by atoms with E-state index in [1.165, 1.54) is 50.5 Å². The summed E-state index contributed by atoms with van der Waals surface area (Å²) in [7, 11) is -4.94. The van der Waals surface area contributed by atoms with Crippen molar-refractivity contribution in [1.82, 2.24) is 0 Å². The molecule has 34 heavy (non-hydrogen) atoms. The SMILES string of the molecule is Cc1ccc2cc(C(C)(C)C)c(-c3cc(C)[n+](-c4ccccc4)c(C)c3)c-2cc1.[O-][Cl+3]([O-])([O-])[O-]. The molecule has 0 fully saturated rings. The first-order valence-corrected chi connectivity index (χ1v) is 12.2. The van der Waals surface area contributed by atoms with E-state index in [0.29, 0.717) is 0 Å². The fourth-order valence-electron chi connectivity index (χ4n) is 4.33. The molecule has 0 aliphatic heterocycles. The third kappa shape index (κ3) is 6.20. The Bertz CT molecular complexity index is 1230. The Morgan fingerprint density at radius 3 is 1.74 bits per heavy atom. The summed E-state index contributed by atoms with van der Waals surface area (Å²) in [6.07, 6.45) is 0. The summed E-state index contributed by atoms with van der Waals surface area (Å²) in [5.74, 6) is 0. The number of aryl methyl sites for hydroxylation is 3. The second-order valence-corrected chi connectivity index (χ2v) is 10.3. The van der Waals surface area contributed by atoms with Crippen LogP contribution in [0.5, 0.6) is 0 Å². The van der Waals surface area contributed by atoms with E-state index in [-0.39, 0.29) is 5.41 Å². The van der Waals surface area contributed by atoms with Gasteiger partial charge in [0.2, 0.25) is 5.69 Å².